The van der Waals surface area contributed by atoms with Crippen LogP contribution in [0.5, 0.6) is 0 Å². The smallest absolute Gasteiger partial charge is 0.241 e. The molecule has 1 saturated heterocycles. The van der Waals surface area contributed by atoms with Crippen molar-refractivity contribution in [1.29, 1.82) is 0 Å². The minimum absolute atomic E-state index is 0.0599. The van der Waals surface area contributed by atoms with Crippen LogP contribution < -0.4 is 10.6 Å². The molecule has 6 heteroatoms. The number of amides is 2. The zero-order chi connectivity index (χ0) is 18.0. The SMILES string of the molecule is CC(=O)N1CC[C@H](N[C@@H](C(=O)NC2CC2)c2ccc(F)cc2)[C@@H](C)C1. The number of hydrogen-bond donors (Lipinski definition) is 2. The Labute approximate surface area is 148 Å². The maximum Gasteiger partial charge on any atom is 0.241 e. The van der Waals surface area contributed by atoms with E-state index >= 15 is 0 Å². The molecule has 0 radical (unpaired) electrons. The van der Waals surface area contributed by atoms with E-state index in [0.717, 1.165) is 24.8 Å². The van der Waals surface area contributed by atoms with Gasteiger partial charge in [0.25, 0.3) is 0 Å². The van der Waals surface area contributed by atoms with Crippen molar-refractivity contribution >= 4 is 11.8 Å². The van der Waals surface area contributed by atoms with Crippen LogP contribution in [0.15, 0.2) is 24.3 Å². The first-order valence-electron chi connectivity index (χ1n) is 9.01. The Bertz CT molecular complexity index is 630. The summed E-state index contributed by atoms with van der Waals surface area (Å²) in [6.07, 6.45) is 2.85. The Morgan fingerprint density at radius 3 is 2.44 bits per heavy atom. The van der Waals surface area contributed by atoms with Gasteiger partial charge in [-0.1, -0.05) is 19.1 Å². The summed E-state index contributed by atoms with van der Waals surface area (Å²) in [6.45, 7) is 5.06. The van der Waals surface area contributed by atoms with Gasteiger partial charge in [-0.3, -0.25) is 14.9 Å². The molecule has 5 nitrogen and oxygen atoms in total. The van der Waals surface area contributed by atoms with Crippen molar-refractivity contribution in [2.75, 3.05) is 13.1 Å². The molecule has 1 aromatic carbocycles. The summed E-state index contributed by atoms with van der Waals surface area (Å²) in [5, 5.41) is 6.50. The summed E-state index contributed by atoms with van der Waals surface area (Å²) >= 11 is 0. The van der Waals surface area contributed by atoms with Crippen molar-refractivity contribution in [3.8, 4) is 0 Å². The zero-order valence-corrected chi connectivity index (χ0v) is 14.8. The van der Waals surface area contributed by atoms with Gasteiger partial charge in [0.2, 0.25) is 11.8 Å². The molecule has 2 fully saturated rings. The van der Waals surface area contributed by atoms with Crippen LogP contribution in [-0.2, 0) is 9.59 Å². The van der Waals surface area contributed by atoms with Gasteiger partial charge >= 0.3 is 0 Å². The molecule has 1 aliphatic carbocycles. The van der Waals surface area contributed by atoms with Crippen LogP contribution in [0.1, 0.15) is 44.7 Å². The second-order valence-corrected chi connectivity index (χ2v) is 7.27. The highest BCUT2D eigenvalue weighted by Crippen LogP contribution is 2.24. The second-order valence-electron chi connectivity index (χ2n) is 7.27. The first kappa shape index (κ1) is 17.9. The first-order chi connectivity index (χ1) is 11.9. The van der Waals surface area contributed by atoms with E-state index in [4.69, 9.17) is 0 Å². The lowest BCUT2D eigenvalue weighted by molar-refractivity contribution is -0.131. The number of rotatable bonds is 5. The van der Waals surface area contributed by atoms with Crippen LogP contribution in [0, 0.1) is 11.7 Å². The van der Waals surface area contributed by atoms with Gasteiger partial charge in [-0.25, -0.2) is 4.39 Å². The van der Waals surface area contributed by atoms with Crippen molar-refractivity contribution in [3.63, 3.8) is 0 Å². The number of benzene rings is 1. The molecule has 0 bridgehead atoms. The van der Waals surface area contributed by atoms with Crippen LogP contribution in [0.3, 0.4) is 0 Å². The number of carbonyl (C=O) groups excluding carboxylic acids is 2. The molecule has 1 aliphatic heterocycles. The van der Waals surface area contributed by atoms with Gasteiger partial charge < -0.3 is 10.2 Å². The van der Waals surface area contributed by atoms with Crippen LogP contribution in [0.4, 0.5) is 4.39 Å². The Morgan fingerprint density at radius 2 is 1.88 bits per heavy atom. The molecule has 0 aromatic heterocycles. The van der Waals surface area contributed by atoms with E-state index in [9.17, 15) is 14.0 Å². The topological polar surface area (TPSA) is 61.4 Å². The average Bonchev–Trinajstić information content (AvgIpc) is 3.38. The van der Waals surface area contributed by atoms with E-state index in [2.05, 4.69) is 17.6 Å². The van der Waals surface area contributed by atoms with Crippen molar-refractivity contribution in [2.45, 2.75) is 51.2 Å². The standard InChI is InChI=1S/C19H26FN3O2/c1-12-11-23(13(2)24)10-9-17(12)22-18(19(25)21-16-7-8-16)14-3-5-15(20)6-4-14/h3-6,12,16-18,22H,7-11H2,1-2H3,(H,21,25)/t12-,17-,18+/m0/s1. The van der Waals surface area contributed by atoms with E-state index in [0.29, 0.717) is 13.1 Å². The minimum atomic E-state index is -0.502. The molecule has 2 amide bonds. The normalized spacial score (nSPS) is 24.7. The first-order valence-corrected chi connectivity index (χ1v) is 9.01. The molecule has 1 aromatic rings. The fourth-order valence-corrected chi connectivity index (χ4v) is 3.38. The van der Waals surface area contributed by atoms with Crippen molar-refractivity contribution in [2.24, 2.45) is 5.92 Å². The van der Waals surface area contributed by atoms with Gasteiger partial charge in [0.1, 0.15) is 11.9 Å². The van der Waals surface area contributed by atoms with Crippen molar-refractivity contribution < 1.29 is 14.0 Å². The van der Waals surface area contributed by atoms with Crippen LogP contribution in [0.2, 0.25) is 0 Å². The minimum Gasteiger partial charge on any atom is -0.352 e. The number of halogens is 1. The quantitative estimate of drug-likeness (QED) is 0.856. The van der Waals surface area contributed by atoms with Gasteiger partial charge in [0, 0.05) is 32.1 Å². The van der Waals surface area contributed by atoms with E-state index in [-0.39, 0.29) is 35.6 Å². The third-order valence-electron chi connectivity index (χ3n) is 5.12. The Balaban J connectivity index is 1.71. The molecular formula is C19H26FN3O2. The maximum atomic E-state index is 13.3. The molecule has 136 valence electrons. The van der Waals surface area contributed by atoms with Crippen LogP contribution in [0.25, 0.3) is 0 Å². The van der Waals surface area contributed by atoms with Crippen LogP contribution in [-0.4, -0.2) is 41.9 Å². The van der Waals surface area contributed by atoms with E-state index < -0.39 is 6.04 Å². The summed E-state index contributed by atoms with van der Waals surface area (Å²) in [7, 11) is 0. The maximum absolute atomic E-state index is 13.3. The highest BCUT2D eigenvalue weighted by Gasteiger charge is 2.33. The summed E-state index contributed by atoms with van der Waals surface area (Å²) in [4.78, 5) is 26.1. The van der Waals surface area contributed by atoms with Crippen molar-refractivity contribution in [1.82, 2.24) is 15.5 Å². The lowest BCUT2D eigenvalue weighted by Crippen LogP contribution is -2.52. The van der Waals surface area contributed by atoms with Gasteiger partial charge in [-0.05, 0) is 42.9 Å². The second kappa shape index (κ2) is 7.52. The van der Waals surface area contributed by atoms with Crippen molar-refractivity contribution in [3.05, 3.63) is 35.6 Å². The lowest BCUT2D eigenvalue weighted by atomic mass is 9.92. The number of nitrogens with zero attached hydrogens (tertiary/aromatic N) is 1. The van der Waals surface area contributed by atoms with Gasteiger partial charge in [0.05, 0.1) is 0 Å². The number of hydrogen-bond acceptors (Lipinski definition) is 3. The molecule has 3 atom stereocenters. The molecule has 25 heavy (non-hydrogen) atoms. The summed E-state index contributed by atoms with van der Waals surface area (Å²) in [6, 6.07) is 6.00. The third kappa shape index (κ3) is 4.57. The van der Waals surface area contributed by atoms with E-state index in [1.807, 2.05) is 4.90 Å². The largest absolute Gasteiger partial charge is 0.352 e. The monoisotopic (exact) mass is 347 g/mol. The third-order valence-corrected chi connectivity index (χ3v) is 5.12. The predicted octanol–water partition coefficient (Wildman–Crippen LogP) is 1.99. The molecule has 2 N–H and O–H groups in total. The highest BCUT2D eigenvalue weighted by atomic mass is 19.1. The van der Waals surface area contributed by atoms with Gasteiger partial charge in [0.15, 0.2) is 0 Å². The molecule has 3 rings (SSSR count). The molecule has 0 spiro atoms. The Kier molecular flexibility index (Phi) is 5.37. The van der Waals surface area contributed by atoms with Gasteiger partial charge in [-0.2, -0.15) is 0 Å². The zero-order valence-electron chi connectivity index (χ0n) is 14.8. The van der Waals surface area contributed by atoms with E-state index in [1.54, 1.807) is 19.1 Å². The number of nitrogens with one attached hydrogen (secondary N) is 2. The summed E-state index contributed by atoms with van der Waals surface area (Å²) in [5.74, 6) is -0.0373. The van der Waals surface area contributed by atoms with Crippen LogP contribution >= 0.6 is 0 Å². The fraction of sp³-hybridized carbons (Fsp3) is 0.579. The van der Waals surface area contributed by atoms with Gasteiger partial charge in [-0.15, -0.1) is 0 Å². The highest BCUT2D eigenvalue weighted by molar-refractivity contribution is 5.83. The molecule has 1 heterocycles. The average molecular weight is 347 g/mol. The summed E-state index contributed by atoms with van der Waals surface area (Å²) in [5.41, 5.74) is 0.765. The predicted molar refractivity (Wildman–Crippen MR) is 93.3 cm³/mol. The molecule has 1 saturated carbocycles. The number of piperidine rings is 1. The fourth-order valence-electron chi connectivity index (χ4n) is 3.38. The number of likely N-dealkylation sites (tertiary alicyclic amines) is 1. The number of carbonyl (C=O) groups is 2. The Morgan fingerprint density at radius 1 is 1.20 bits per heavy atom. The molecule has 0 unspecified atom stereocenters. The lowest BCUT2D eigenvalue weighted by Gasteiger charge is -2.38. The van der Waals surface area contributed by atoms with E-state index in [1.165, 1.54) is 12.1 Å². The molecular weight excluding hydrogens is 321 g/mol. The Hall–Kier alpha value is -1.95. The summed E-state index contributed by atoms with van der Waals surface area (Å²) < 4.78 is 13.3. The molecule has 2 aliphatic rings.